The lowest BCUT2D eigenvalue weighted by atomic mass is 10.1. The molecule has 3 aromatic rings. The minimum absolute atomic E-state index is 0.400. The summed E-state index contributed by atoms with van der Waals surface area (Å²) in [4.78, 5) is 4.63. The van der Waals surface area contributed by atoms with E-state index in [1.165, 1.54) is 0 Å². The van der Waals surface area contributed by atoms with Crippen molar-refractivity contribution in [3.8, 4) is 5.82 Å². The van der Waals surface area contributed by atoms with Gasteiger partial charge in [0.2, 0.25) is 0 Å². The molecule has 19 heavy (non-hydrogen) atoms. The third-order valence-corrected chi connectivity index (χ3v) is 3.39. The van der Waals surface area contributed by atoms with E-state index in [2.05, 4.69) is 22.2 Å². The molecule has 0 saturated heterocycles. The molecule has 4 heteroatoms. The summed E-state index contributed by atoms with van der Waals surface area (Å²) in [5.74, 6) is 1.25. The Hall–Kier alpha value is -1.87. The molecular weight excluding hydrogens is 258 g/mol. The second-order valence-corrected chi connectivity index (χ2v) is 4.90. The Morgan fingerprint density at radius 2 is 1.95 bits per heavy atom. The first kappa shape index (κ1) is 12.2. The van der Waals surface area contributed by atoms with Crippen LogP contribution in [-0.4, -0.2) is 14.8 Å². The maximum absolute atomic E-state index is 5.94. The third kappa shape index (κ3) is 2.10. The number of hydrogen-bond donors (Lipinski definition) is 0. The van der Waals surface area contributed by atoms with Gasteiger partial charge in [-0.2, -0.15) is 5.10 Å². The minimum atomic E-state index is 0.400. The van der Waals surface area contributed by atoms with E-state index in [1.807, 2.05) is 42.8 Å². The SMILES string of the molecule is Cc1cc(C)n(-c2nc(CCl)cc3ccccc23)n1. The molecular formula is C15H14ClN3. The molecule has 0 aliphatic heterocycles. The number of aryl methyl sites for hydroxylation is 2. The molecule has 0 aliphatic rings. The van der Waals surface area contributed by atoms with Crippen molar-refractivity contribution in [3.05, 3.63) is 53.5 Å². The molecule has 0 unspecified atom stereocenters. The summed E-state index contributed by atoms with van der Waals surface area (Å²) in [5.41, 5.74) is 2.92. The topological polar surface area (TPSA) is 30.7 Å². The van der Waals surface area contributed by atoms with Crippen LogP contribution in [0.1, 0.15) is 17.1 Å². The van der Waals surface area contributed by atoms with E-state index in [0.717, 1.165) is 33.7 Å². The lowest BCUT2D eigenvalue weighted by Gasteiger charge is -2.09. The highest BCUT2D eigenvalue weighted by molar-refractivity contribution is 6.17. The molecule has 0 atom stereocenters. The van der Waals surface area contributed by atoms with Gasteiger partial charge >= 0.3 is 0 Å². The Morgan fingerprint density at radius 3 is 2.63 bits per heavy atom. The lowest BCUT2D eigenvalue weighted by Crippen LogP contribution is -2.04. The van der Waals surface area contributed by atoms with Crippen LogP contribution in [0.5, 0.6) is 0 Å². The number of benzene rings is 1. The average Bonchev–Trinajstić information content (AvgIpc) is 2.76. The molecule has 0 N–H and O–H groups in total. The zero-order chi connectivity index (χ0) is 13.4. The van der Waals surface area contributed by atoms with E-state index in [9.17, 15) is 0 Å². The largest absolute Gasteiger partial charge is 0.232 e. The standard InChI is InChI=1S/C15H14ClN3/c1-10-7-11(2)19(18-10)15-14-6-4-3-5-12(14)8-13(9-16)17-15/h3-8H,9H2,1-2H3. The number of aromatic nitrogens is 3. The van der Waals surface area contributed by atoms with Gasteiger partial charge in [0, 0.05) is 11.1 Å². The fourth-order valence-electron chi connectivity index (χ4n) is 2.31. The first-order valence-corrected chi connectivity index (χ1v) is 6.71. The van der Waals surface area contributed by atoms with Crippen LogP contribution in [0.25, 0.3) is 16.6 Å². The average molecular weight is 272 g/mol. The zero-order valence-electron chi connectivity index (χ0n) is 10.9. The molecule has 3 rings (SSSR count). The summed E-state index contributed by atoms with van der Waals surface area (Å²) in [6.07, 6.45) is 0. The number of alkyl halides is 1. The van der Waals surface area contributed by atoms with Gasteiger partial charge in [-0.25, -0.2) is 9.67 Å². The van der Waals surface area contributed by atoms with Crippen molar-refractivity contribution in [3.63, 3.8) is 0 Å². The van der Waals surface area contributed by atoms with Crippen molar-refractivity contribution in [1.29, 1.82) is 0 Å². The summed E-state index contributed by atoms with van der Waals surface area (Å²) in [5, 5.41) is 6.74. The fraction of sp³-hybridized carbons (Fsp3) is 0.200. The predicted octanol–water partition coefficient (Wildman–Crippen LogP) is 3.78. The summed E-state index contributed by atoms with van der Waals surface area (Å²) < 4.78 is 1.88. The van der Waals surface area contributed by atoms with Crippen molar-refractivity contribution in [2.75, 3.05) is 0 Å². The van der Waals surface area contributed by atoms with Crippen LogP contribution in [0.4, 0.5) is 0 Å². The second-order valence-electron chi connectivity index (χ2n) is 4.63. The van der Waals surface area contributed by atoms with Gasteiger partial charge in [-0.05, 0) is 31.4 Å². The van der Waals surface area contributed by atoms with Gasteiger partial charge in [0.15, 0.2) is 5.82 Å². The van der Waals surface area contributed by atoms with Gasteiger partial charge in [0.25, 0.3) is 0 Å². The normalized spacial score (nSPS) is 11.1. The summed E-state index contributed by atoms with van der Waals surface area (Å²) >= 11 is 5.94. The molecule has 0 amide bonds. The molecule has 2 heterocycles. The first-order chi connectivity index (χ1) is 9.19. The van der Waals surface area contributed by atoms with Crippen molar-refractivity contribution >= 4 is 22.4 Å². The predicted molar refractivity (Wildman–Crippen MR) is 77.9 cm³/mol. The maximum atomic E-state index is 5.94. The van der Waals surface area contributed by atoms with Crippen molar-refractivity contribution in [2.24, 2.45) is 0 Å². The summed E-state index contributed by atoms with van der Waals surface area (Å²) in [6.45, 7) is 4.01. The highest BCUT2D eigenvalue weighted by Gasteiger charge is 2.10. The van der Waals surface area contributed by atoms with E-state index in [4.69, 9.17) is 11.6 Å². The number of nitrogens with zero attached hydrogens (tertiary/aromatic N) is 3. The van der Waals surface area contributed by atoms with Crippen LogP contribution < -0.4 is 0 Å². The van der Waals surface area contributed by atoms with Gasteiger partial charge in [0.05, 0.1) is 17.3 Å². The molecule has 0 radical (unpaired) electrons. The van der Waals surface area contributed by atoms with Gasteiger partial charge in [-0.1, -0.05) is 24.3 Å². The van der Waals surface area contributed by atoms with Crippen LogP contribution in [0.2, 0.25) is 0 Å². The number of hydrogen-bond acceptors (Lipinski definition) is 2. The van der Waals surface area contributed by atoms with Crippen LogP contribution in [-0.2, 0) is 5.88 Å². The van der Waals surface area contributed by atoms with Crippen molar-refractivity contribution in [1.82, 2.24) is 14.8 Å². The van der Waals surface area contributed by atoms with E-state index in [0.29, 0.717) is 5.88 Å². The number of pyridine rings is 1. The molecule has 2 aromatic heterocycles. The van der Waals surface area contributed by atoms with E-state index in [-0.39, 0.29) is 0 Å². The Labute approximate surface area is 116 Å². The third-order valence-electron chi connectivity index (χ3n) is 3.12. The molecule has 0 fully saturated rings. The summed E-state index contributed by atoms with van der Waals surface area (Å²) in [6, 6.07) is 12.2. The van der Waals surface area contributed by atoms with Crippen molar-refractivity contribution in [2.45, 2.75) is 19.7 Å². The van der Waals surface area contributed by atoms with Gasteiger partial charge < -0.3 is 0 Å². The van der Waals surface area contributed by atoms with Crippen LogP contribution >= 0.6 is 11.6 Å². The highest BCUT2D eigenvalue weighted by Crippen LogP contribution is 2.23. The van der Waals surface area contributed by atoms with Crippen molar-refractivity contribution < 1.29 is 0 Å². The molecule has 0 spiro atoms. The number of rotatable bonds is 2. The fourth-order valence-corrected chi connectivity index (χ4v) is 2.44. The van der Waals surface area contributed by atoms with E-state index >= 15 is 0 Å². The van der Waals surface area contributed by atoms with Gasteiger partial charge in [-0.15, -0.1) is 11.6 Å². The Bertz CT molecular complexity index is 746. The summed E-state index contributed by atoms with van der Waals surface area (Å²) in [7, 11) is 0. The second kappa shape index (κ2) is 4.67. The maximum Gasteiger partial charge on any atom is 0.161 e. The minimum Gasteiger partial charge on any atom is -0.232 e. The molecule has 0 bridgehead atoms. The molecule has 1 aromatic carbocycles. The molecule has 96 valence electrons. The molecule has 0 saturated carbocycles. The van der Waals surface area contributed by atoms with E-state index in [1.54, 1.807) is 0 Å². The smallest absolute Gasteiger partial charge is 0.161 e. The molecule has 3 nitrogen and oxygen atoms in total. The van der Waals surface area contributed by atoms with E-state index < -0.39 is 0 Å². The monoisotopic (exact) mass is 271 g/mol. The zero-order valence-corrected chi connectivity index (χ0v) is 11.6. The number of fused-ring (bicyclic) bond motifs is 1. The van der Waals surface area contributed by atoms with Gasteiger partial charge in [0.1, 0.15) is 0 Å². The first-order valence-electron chi connectivity index (χ1n) is 6.17. The number of halogens is 1. The van der Waals surface area contributed by atoms with Crippen LogP contribution in [0.15, 0.2) is 36.4 Å². The van der Waals surface area contributed by atoms with Crippen LogP contribution in [0, 0.1) is 13.8 Å². The highest BCUT2D eigenvalue weighted by atomic mass is 35.5. The lowest BCUT2D eigenvalue weighted by molar-refractivity contribution is 0.808. The Balaban J connectivity index is 2.35. The molecule has 0 aliphatic carbocycles. The van der Waals surface area contributed by atoms with Gasteiger partial charge in [-0.3, -0.25) is 0 Å². The Morgan fingerprint density at radius 1 is 1.16 bits per heavy atom. The Kier molecular flexibility index (Phi) is 2.99. The quantitative estimate of drug-likeness (QED) is 0.664. The van der Waals surface area contributed by atoms with Crippen LogP contribution in [0.3, 0.4) is 0 Å².